The Balaban J connectivity index is 2.70. The minimum absolute atomic E-state index is 0.0559. The van der Waals surface area contributed by atoms with Gasteiger partial charge in [-0.2, -0.15) is 0 Å². The van der Waals surface area contributed by atoms with Crippen LogP contribution in [0, 0.1) is 6.92 Å². The molecule has 1 aromatic rings. The summed E-state index contributed by atoms with van der Waals surface area (Å²) in [6.45, 7) is 4.07. The minimum Gasteiger partial charge on any atom is -0.462 e. The van der Waals surface area contributed by atoms with E-state index in [1.807, 2.05) is 0 Å². The lowest BCUT2D eigenvalue weighted by molar-refractivity contribution is 0.0497. The summed E-state index contributed by atoms with van der Waals surface area (Å²) in [6.07, 6.45) is 4.05. The molecule has 0 saturated heterocycles. The Morgan fingerprint density at radius 2 is 1.95 bits per heavy atom. The van der Waals surface area contributed by atoms with Crippen molar-refractivity contribution in [1.29, 1.82) is 0 Å². The van der Waals surface area contributed by atoms with E-state index in [9.17, 15) is 13.2 Å². The highest BCUT2D eigenvalue weighted by atomic mass is 35.7. The molecular formula is C14H19ClO4S. The normalized spacial score (nSPS) is 11.3. The molecular weight excluding hydrogens is 300 g/mol. The van der Waals surface area contributed by atoms with Crippen molar-refractivity contribution in [3.63, 3.8) is 0 Å². The molecule has 1 rings (SSSR count). The van der Waals surface area contributed by atoms with Gasteiger partial charge in [-0.1, -0.05) is 32.3 Å². The summed E-state index contributed by atoms with van der Waals surface area (Å²) in [5.41, 5.74) is 0.699. The lowest BCUT2D eigenvalue weighted by Crippen LogP contribution is -2.08. The Hall–Kier alpha value is -1.07. The zero-order chi connectivity index (χ0) is 15.2. The second-order valence-corrected chi connectivity index (χ2v) is 7.15. The maximum Gasteiger partial charge on any atom is 0.338 e. The van der Waals surface area contributed by atoms with Crippen molar-refractivity contribution >= 4 is 25.7 Å². The zero-order valence-electron chi connectivity index (χ0n) is 11.7. The summed E-state index contributed by atoms with van der Waals surface area (Å²) in [4.78, 5) is 11.8. The summed E-state index contributed by atoms with van der Waals surface area (Å²) < 4.78 is 27.9. The van der Waals surface area contributed by atoms with Gasteiger partial charge in [0.1, 0.15) is 0 Å². The van der Waals surface area contributed by atoms with Crippen molar-refractivity contribution in [2.75, 3.05) is 6.61 Å². The number of carbonyl (C=O) groups is 1. The summed E-state index contributed by atoms with van der Waals surface area (Å²) in [6, 6.07) is 4.34. The first-order chi connectivity index (χ1) is 9.36. The average Bonchev–Trinajstić information content (AvgIpc) is 2.37. The zero-order valence-corrected chi connectivity index (χ0v) is 13.3. The van der Waals surface area contributed by atoms with Gasteiger partial charge >= 0.3 is 5.97 Å². The average molecular weight is 319 g/mol. The van der Waals surface area contributed by atoms with Crippen LogP contribution in [0.15, 0.2) is 23.1 Å². The molecule has 0 bridgehead atoms. The molecule has 0 N–H and O–H groups in total. The number of halogens is 1. The van der Waals surface area contributed by atoms with Crippen molar-refractivity contribution in [2.24, 2.45) is 0 Å². The van der Waals surface area contributed by atoms with E-state index in [4.69, 9.17) is 15.4 Å². The van der Waals surface area contributed by atoms with E-state index in [0.29, 0.717) is 12.2 Å². The summed E-state index contributed by atoms with van der Waals surface area (Å²) >= 11 is 0. The Labute approximate surface area is 124 Å². The minimum atomic E-state index is -3.86. The van der Waals surface area contributed by atoms with E-state index in [0.717, 1.165) is 25.7 Å². The molecule has 0 radical (unpaired) electrons. The van der Waals surface area contributed by atoms with Crippen LogP contribution in [-0.2, 0) is 13.8 Å². The van der Waals surface area contributed by atoms with Gasteiger partial charge < -0.3 is 4.74 Å². The second kappa shape index (κ2) is 7.64. The summed E-state index contributed by atoms with van der Waals surface area (Å²) in [7, 11) is 1.46. The van der Waals surface area contributed by atoms with E-state index in [-0.39, 0.29) is 10.5 Å². The predicted molar refractivity (Wildman–Crippen MR) is 78.6 cm³/mol. The highest BCUT2D eigenvalue weighted by Crippen LogP contribution is 2.21. The summed E-state index contributed by atoms with van der Waals surface area (Å²) in [5.74, 6) is -0.525. The SMILES string of the molecule is CCCCCCOC(=O)c1ccc(C)c(S(=O)(=O)Cl)c1. The van der Waals surface area contributed by atoms with Gasteiger partial charge in [0.15, 0.2) is 0 Å². The molecule has 0 heterocycles. The molecule has 1 aromatic carbocycles. The Bertz CT molecular complexity index is 567. The van der Waals surface area contributed by atoms with Gasteiger partial charge in [-0.15, -0.1) is 0 Å². The van der Waals surface area contributed by atoms with Crippen LogP contribution in [0.3, 0.4) is 0 Å². The molecule has 0 spiro atoms. The van der Waals surface area contributed by atoms with Crippen LogP contribution >= 0.6 is 10.7 Å². The number of hydrogen-bond donors (Lipinski definition) is 0. The first-order valence-corrected chi connectivity index (χ1v) is 8.89. The predicted octanol–water partition coefficient (Wildman–Crippen LogP) is 3.66. The number of unbranched alkanes of at least 4 members (excludes halogenated alkanes) is 3. The van der Waals surface area contributed by atoms with Crippen LogP contribution in [0.25, 0.3) is 0 Å². The van der Waals surface area contributed by atoms with Gasteiger partial charge in [0.2, 0.25) is 0 Å². The van der Waals surface area contributed by atoms with Crippen molar-refractivity contribution in [3.8, 4) is 0 Å². The number of esters is 1. The van der Waals surface area contributed by atoms with Gasteiger partial charge in [0, 0.05) is 10.7 Å². The fraction of sp³-hybridized carbons (Fsp3) is 0.500. The number of rotatable bonds is 7. The van der Waals surface area contributed by atoms with Crippen molar-refractivity contribution < 1.29 is 17.9 Å². The molecule has 4 nitrogen and oxygen atoms in total. The number of carbonyl (C=O) groups excluding carboxylic acids is 1. The van der Waals surface area contributed by atoms with Gasteiger partial charge in [-0.3, -0.25) is 0 Å². The Kier molecular flexibility index (Phi) is 6.49. The van der Waals surface area contributed by atoms with Crippen LogP contribution in [0.2, 0.25) is 0 Å². The quantitative estimate of drug-likeness (QED) is 0.437. The highest BCUT2D eigenvalue weighted by Gasteiger charge is 2.17. The van der Waals surface area contributed by atoms with Crippen molar-refractivity contribution in [1.82, 2.24) is 0 Å². The van der Waals surface area contributed by atoms with E-state index in [1.165, 1.54) is 12.1 Å². The van der Waals surface area contributed by atoms with Crippen LogP contribution < -0.4 is 0 Å². The van der Waals surface area contributed by atoms with Crippen molar-refractivity contribution in [3.05, 3.63) is 29.3 Å². The smallest absolute Gasteiger partial charge is 0.338 e. The number of hydrogen-bond acceptors (Lipinski definition) is 4. The molecule has 112 valence electrons. The van der Waals surface area contributed by atoms with Gasteiger partial charge in [0.25, 0.3) is 9.05 Å². The molecule has 0 fully saturated rings. The Morgan fingerprint density at radius 3 is 2.55 bits per heavy atom. The third-order valence-electron chi connectivity index (χ3n) is 2.92. The lowest BCUT2D eigenvalue weighted by Gasteiger charge is -2.07. The molecule has 6 heteroatoms. The first kappa shape index (κ1) is 17.0. The fourth-order valence-corrected chi connectivity index (χ4v) is 2.99. The Morgan fingerprint density at radius 1 is 1.25 bits per heavy atom. The second-order valence-electron chi connectivity index (χ2n) is 4.61. The molecule has 0 atom stereocenters. The van der Waals surface area contributed by atoms with E-state index in [2.05, 4.69) is 6.92 Å². The molecule has 0 aliphatic carbocycles. The lowest BCUT2D eigenvalue weighted by atomic mass is 10.1. The van der Waals surface area contributed by atoms with Crippen molar-refractivity contribution in [2.45, 2.75) is 44.4 Å². The highest BCUT2D eigenvalue weighted by molar-refractivity contribution is 8.13. The van der Waals surface area contributed by atoms with Gasteiger partial charge in [0.05, 0.1) is 17.1 Å². The number of benzene rings is 1. The molecule has 0 saturated carbocycles. The fourth-order valence-electron chi connectivity index (χ4n) is 1.77. The van der Waals surface area contributed by atoms with Crippen LogP contribution in [0.5, 0.6) is 0 Å². The largest absolute Gasteiger partial charge is 0.462 e. The van der Waals surface area contributed by atoms with Crippen LogP contribution in [-0.4, -0.2) is 21.0 Å². The maximum absolute atomic E-state index is 11.8. The molecule has 0 aromatic heterocycles. The monoisotopic (exact) mass is 318 g/mol. The standard InChI is InChI=1S/C14H19ClO4S/c1-3-4-5-6-9-19-14(16)12-8-7-11(2)13(10-12)20(15,17)18/h7-8,10H,3-6,9H2,1-2H3. The molecule has 20 heavy (non-hydrogen) atoms. The van der Waals surface area contributed by atoms with E-state index < -0.39 is 15.0 Å². The van der Waals surface area contributed by atoms with Crippen LogP contribution in [0.4, 0.5) is 0 Å². The van der Waals surface area contributed by atoms with Crippen LogP contribution in [0.1, 0.15) is 48.5 Å². The molecule has 0 amide bonds. The number of ether oxygens (including phenoxy) is 1. The first-order valence-electron chi connectivity index (χ1n) is 6.58. The van der Waals surface area contributed by atoms with E-state index in [1.54, 1.807) is 13.0 Å². The molecule has 0 aliphatic heterocycles. The number of aryl methyl sites for hydroxylation is 1. The topological polar surface area (TPSA) is 60.4 Å². The maximum atomic E-state index is 11.8. The third kappa shape index (κ3) is 5.13. The van der Waals surface area contributed by atoms with Gasteiger partial charge in [-0.05, 0) is 31.0 Å². The summed E-state index contributed by atoms with van der Waals surface area (Å²) in [5, 5.41) is 0. The van der Waals surface area contributed by atoms with E-state index >= 15 is 0 Å². The molecule has 0 aliphatic rings. The third-order valence-corrected chi connectivity index (χ3v) is 4.38. The molecule has 0 unspecified atom stereocenters. The van der Waals surface area contributed by atoms with Gasteiger partial charge in [-0.25, -0.2) is 13.2 Å².